The van der Waals surface area contributed by atoms with Crippen molar-refractivity contribution in [2.75, 3.05) is 0 Å². The lowest BCUT2D eigenvalue weighted by atomic mass is 9.93. The van der Waals surface area contributed by atoms with Crippen LogP contribution in [-0.2, 0) is 0 Å². The molecule has 1 unspecified atom stereocenters. The van der Waals surface area contributed by atoms with Crippen LogP contribution < -0.4 is 0 Å². The number of halogens is 9. The molecule has 0 saturated heterocycles. The molecule has 0 heterocycles. The molecule has 22 heavy (non-hydrogen) atoms. The van der Waals surface area contributed by atoms with Crippen molar-refractivity contribution in [3.8, 4) is 0 Å². The topological polar surface area (TPSA) is 0 Å². The van der Waals surface area contributed by atoms with Gasteiger partial charge in [-0.3, -0.25) is 0 Å². The zero-order valence-electron chi connectivity index (χ0n) is 9.98. The second-order valence-electron chi connectivity index (χ2n) is 4.45. The molecule has 0 aliphatic heterocycles. The molecule has 9 heteroatoms. The highest BCUT2D eigenvalue weighted by molar-refractivity contribution is 6.02. The van der Waals surface area contributed by atoms with E-state index in [4.69, 9.17) is 0 Å². The molecule has 116 valence electrons. The Kier molecular flexibility index (Phi) is 2.95. The van der Waals surface area contributed by atoms with Crippen molar-refractivity contribution in [2.24, 2.45) is 0 Å². The highest BCUT2D eigenvalue weighted by atomic mass is 19.2. The Morgan fingerprint density at radius 3 is 1.59 bits per heavy atom. The molecular formula is C13HF9. The third-order valence-electron chi connectivity index (χ3n) is 3.34. The lowest BCUT2D eigenvalue weighted by Crippen LogP contribution is -2.14. The molecule has 1 aromatic carbocycles. The van der Waals surface area contributed by atoms with E-state index >= 15 is 0 Å². The minimum atomic E-state index is -3.20. The summed E-state index contributed by atoms with van der Waals surface area (Å²) in [5.74, 6) is -18.4. The van der Waals surface area contributed by atoms with Crippen molar-refractivity contribution in [3.63, 3.8) is 0 Å². The van der Waals surface area contributed by atoms with Gasteiger partial charge in [0, 0.05) is 16.7 Å². The molecular weight excluding hydrogens is 327 g/mol. The second-order valence-corrected chi connectivity index (χ2v) is 4.45. The van der Waals surface area contributed by atoms with Gasteiger partial charge in [0.15, 0.2) is 46.9 Å². The van der Waals surface area contributed by atoms with E-state index in [1.807, 2.05) is 0 Å². The maximum atomic E-state index is 14.0. The van der Waals surface area contributed by atoms with E-state index < -0.39 is 75.0 Å². The molecule has 0 amide bonds. The maximum Gasteiger partial charge on any atom is 0.198 e. The van der Waals surface area contributed by atoms with Crippen LogP contribution in [0.5, 0.6) is 0 Å². The summed E-state index contributed by atoms with van der Waals surface area (Å²) in [6.45, 7) is 0. The van der Waals surface area contributed by atoms with Gasteiger partial charge in [-0.25, -0.2) is 39.5 Å². The predicted molar refractivity (Wildman–Crippen MR) is 56.5 cm³/mol. The standard InChI is InChI=1S/C13HF9/c14-5-3-1(6(15)10(19)12(21)8(3)17)2-4(5)9(18)13(22)11(20)7(2)16/h8H. The van der Waals surface area contributed by atoms with Crippen molar-refractivity contribution in [3.05, 3.63) is 57.4 Å². The normalized spacial score (nSPS) is 20.9. The third-order valence-corrected chi connectivity index (χ3v) is 3.34. The lowest BCUT2D eigenvalue weighted by Gasteiger charge is -2.17. The van der Waals surface area contributed by atoms with Crippen LogP contribution in [0.2, 0.25) is 0 Å². The Balaban J connectivity index is 2.51. The first-order chi connectivity index (χ1) is 10.2. The van der Waals surface area contributed by atoms with Gasteiger partial charge in [-0.05, 0) is 0 Å². The Labute approximate surface area is 115 Å². The predicted octanol–water partition coefficient (Wildman–Crippen LogP) is 5.12. The van der Waals surface area contributed by atoms with Crippen molar-refractivity contribution >= 4 is 11.4 Å². The highest BCUT2D eigenvalue weighted by Gasteiger charge is 2.47. The zero-order valence-corrected chi connectivity index (χ0v) is 9.98. The Bertz CT molecular complexity index is 829. The molecule has 3 rings (SSSR count). The number of allylic oxidation sites excluding steroid dienone is 5. The third kappa shape index (κ3) is 1.51. The summed E-state index contributed by atoms with van der Waals surface area (Å²) < 4.78 is 121. The van der Waals surface area contributed by atoms with Crippen LogP contribution in [0.15, 0.2) is 23.1 Å². The Morgan fingerprint density at radius 2 is 1.05 bits per heavy atom. The summed E-state index contributed by atoms with van der Waals surface area (Å²) in [4.78, 5) is 0. The molecule has 2 aliphatic carbocycles. The average molecular weight is 328 g/mol. The first-order valence-corrected chi connectivity index (χ1v) is 5.56. The van der Waals surface area contributed by atoms with Crippen molar-refractivity contribution in [2.45, 2.75) is 6.17 Å². The summed E-state index contributed by atoms with van der Waals surface area (Å²) in [6, 6.07) is 0. The van der Waals surface area contributed by atoms with E-state index in [2.05, 4.69) is 0 Å². The largest absolute Gasteiger partial charge is 0.234 e. The number of hydrogen-bond acceptors (Lipinski definition) is 0. The molecule has 2 aliphatic rings. The van der Waals surface area contributed by atoms with E-state index in [1.54, 1.807) is 0 Å². The molecule has 0 nitrogen and oxygen atoms in total. The second kappa shape index (κ2) is 4.40. The maximum absolute atomic E-state index is 14.0. The SMILES string of the molecule is FC1=C2C(=C(F)c3c(F)c(F)c(F)c(F)c32)C(F)C(F)=C1F. The molecule has 1 atom stereocenters. The van der Waals surface area contributed by atoms with E-state index in [-0.39, 0.29) is 0 Å². The fraction of sp³-hybridized carbons (Fsp3) is 0.0769. The van der Waals surface area contributed by atoms with Crippen molar-refractivity contribution < 1.29 is 39.5 Å². The van der Waals surface area contributed by atoms with E-state index in [1.165, 1.54) is 0 Å². The van der Waals surface area contributed by atoms with Gasteiger partial charge in [0.1, 0.15) is 5.83 Å². The van der Waals surface area contributed by atoms with E-state index in [0.717, 1.165) is 0 Å². The number of hydrogen-bond donors (Lipinski definition) is 0. The number of rotatable bonds is 0. The van der Waals surface area contributed by atoms with E-state index in [9.17, 15) is 39.5 Å². The summed E-state index contributed by atoms with van der Waals surface area (Å²) in [6.07, 6.45) is -3.20. The van der Waals surface area contributed by atoms with Crippen LogP contribution in [0.25, 0.3) is 11.4 Å². The summed E-state index contributed by atoms with van der Waals surface area (Å²) in [7, 11) is 0. The first kappa shape index (κ1) is 14.7. The van der Waals surface area contributed by atoms with Gasteiger partial charge in [0.05, 0.1) is 5.56 Å². The van der Waals surface area contributed by atoms with Gasteiger partial charge in [0.2, 0.25) is 0 Å². The number of fused-ring (bicyclic) bond motifs is 3. The monoisotopic (exact) mass is 328 g/mol. The molecule has 0 N–H and O–H groups in total. The molecule has 0 aromatic heterocycles. The fourth-order valence-corrected chi connectivity index (χ4v) is 2.37. The summed E-state index contributed by atoms with van der Waals surface area (Å²) in [5.41, 5.74) is -6.24. The number of benzene rings is 1. The van der Waals surface area contributed by atoms with Gasteiger partial charge < -0.3 is 0 Å². The van der Waals surface area contributed by atoms with Gasteiger partial charge >= 0.3 is 0 Å². The van der Waals surface area contributed by atoms with Crippen LogP contribution >= 0.6 is 0 Å². The molecule has 0 saturated carbocycles. The van der Waals surface area contributed by atoms with Gasteiger partial charge in [-0.2, -0.15) is 0 Å². The Morgan fingerprint density at radius 1 is 0.545 bits per heavy atom. The first-order valence-electron chi connectivity index (χ1n) is 5.56. The van der Waals surface area contributed by atoms with Crippen LogP contribution in [0.1, 0.15) is 11.1 Å². The molecule has 1 aromatic rings. The zero-order chi connectivity index (χ0) is 16.5. The fourth-order valence-electron chi connectivity index (χ4n) is 2.37. The highest BCUT2D eigenvalue weighted by Crippen LogP contribution is 2.54. The van der Waals surface area contributed by atoms with Crippen LogP contribution in [0.3, 0.4) is 0 Å². The smallest absolute Gasteiger partial charge is 0.198 e. The van der Waals surface area contributed by atoms with Crippen molar-refractivity contribution in [1.82, 2.24) is 0 Å². The van der Waals surface area contributed by atoms with Gasteiger partial charge in [0.25, 0.3) is 0 Å². The van der Waals surface area contributed by atoms with Gasteiger partial charge in [-0.15, -0.1) is 0 Å². The number of alkyl halides is 1. The quantitative estimate of drug-likeness (QED) is 0.352. The minimum Gasteiger partial charge on any atom is -0.234 e. The van der Waals surface area contributed by atoms with Crippen LogP contribution in [0, 0.1) is 23.3 Å². The molecule has 0 bridgehead atoms. The van der Waals surface area contributed by atoms with Gasteiger partial charge in [-0.1, -0.05) is 0 Å². The summed E-state index contributed by atoms with van der Waals surface area (Å²) >= 11 is 0. The van der Waals surface area contributed by atoms with Crippen LogP contribution in [0.4, 0.5) is 39.5 Å². The molecule has 0 fully saturated rings. The minimum absolute atomic E-state index is 1.52. The van der Waals surface area contributed by atoms with Crippen LogP contribution in [-0.4, -0.2) is 6.17 Å². The van der Waals surface area contributed by atoms with Crippen molar-refractivity contribution in [1.29, 1.82) is 0 Å². The molecule has 0 radical (unpaired) electrons. The molecule has 0 spiro atoms. The Hall–Kier alpha value is -2.19. The van der Waals surface area contributed by atoms with E-state index in [0.29, 0.717) is 0 Å². The lowest BCUT2D eigenvalue weighted by molar-refractivity contribution is 0.342. The summed E-state index contributed by atoms with van der Waals surface area (Å²) in [5, 5.41) is 0. The average Bonchev–Trinajstić information content (AvgIpc) is 2.80.